The fraction of sp³-hybridized carbons (Fsp3) is 0.444. The molecule has 4 rings (SSSR count). The minimum atomic E-state index is -0.755. The summed E-state index contributed by atoms with van der Waals surface area (Å²) in [5, 5.41) is 24.6. The van der Waals surface area contributed by atoms with Gasteiger partial charge in [0.1, 0.15) is 11.5 Å². The van der Waals surface area contributed by atoms with Crippen molar-refractivity contribution in [2.24, 2.45) is 0 Å². The van der Waals surface area contributed by atoms with Crippen LogP contribution in [0.5, 0.6) is 11.5 Å². The third kappa shape index (κ3) is 6.59. The van der Waals surface area contributed by atoms with E-state index >= 15 is 0 Å². The van der Waals surface area contributed by atoms with Gasteiger partial charge in [0.15, 0.2) is 0 Å². The van der Waals surface area contributed by atoms with Crippen molar-refractivity contribution in [1.82, 2.24) is 15.2 Å². The zero-order chi connectivity index (χ0) is 23.8. The second-order valence-corrected chi connectivity index (χ2v) is 9.00. The van der Waals surface area contributed by atoms with Crippen molar-refractivity contribution in [2.45, 2.75) is 38.2 Å². The first-order valence-electron chi connectivity index (χ1n) is 12.3. The molecule has 1 saturated heterocycles. The van der Waals surface area contributed by atoms with Crippen molar-refractivity contribution in [1.29, 1.82) is 0 Å². The van der Waals surface area contributed by atoms with Crippen LogP contribution in [0.15, 0.2) is 53.3 Å². The van der Waals surface area contributed by atoms with Crippen LogP contribution in [0.1, 0.15) is 42.9 Å². The second kappa shape index (κ2) is 12.0. The number of rotatable bonds is 11. The molecule has 7 nitrogen and oxygen atoms in total. The highest BCUT2D eigenvalue weighted by Gasteiger charge is 2.14. The summed E-state index contributed by atoms with van der Waals surface area (Å²) in [6.45, 7) is 5.41. The Bertz CT molecular complexity index is 1110. The molecule has 1 aromatic heterocycles. The number of pyridine rings is 1. The quantitative estimate of drug-likeness (QED) is 0.324. The highest BCUT2D eigenvalue weighted by atomic mass is 16.5. The Labute approximate surface area is 200 Å². The molecule has 0 saturated carbocycles. The van der Waals surface area contributed by atoms with Crippen molar-refractivity contribution in [3.63, 3.8) is 0 Å². The van der Waals surface area contributed by atoms with Crippen molar-refractivity contribution in [3.8, 4) is 11.5 Å². The number of aromatic nitrogens is 1. The minimum absolute atomic E-state index is 0.00830. The van der Waals surface area contributed by atoms with Gasteiger partial charge < -0.3 is 30.2 Å². The van der Waals surface area contributed by atoms with Crippen molar-refractivity contribution < 1.29 is 14.9 Å². The number of piperidine rings is 1. The van der Waals surface area contributed by atoms with E-state index in [1.807, 2.05) is 12.1 Å². The Hall–Kier alpha value is -2.87. The predicted molar refractivity (Wildman–Crippen MR) is 135 cm³/mol. The summed E-state index contributed by atoms with van der Waals surface area (Å²) < 4.78 is 5.89. The first kappa shape index (κ1) is 24.3. The molecule has 1 atom stereocenters. The number of benzene rings is 2. The number of H-pyrrole nitrogens is 1. The molecule has 7 heteroatoms. The number of aromatic amines is 1. The largest absolute Gasteiger partial charge is 0.506 e. The molecular formula is C27H35N3O4. The molecule has 0 radical (unpaired) electrons. The first-order valence-corrected chi connectivity index (χ1v) is 12.3. The van der Waals surface area contributed by atoms with E-state index in [4.69, 9.17) is 4.74 Å². The lowest BCUT2D eigenvalue weighted by Crippen LogP contribution is -2.31. The average Bonchev–Trinajstić information content (AvgIpc) is 2.86. The van der Waals surface area contributed by atoms with Crippen molar-refractivity contribution in [3.05, 3.63) is 70.0 Å². The highest BCUT2D eigenvalue weighted by molar-refractivity contribution is 5.87. The van der Waals surface area contributed by atoms with Crippen LogP contribution in [0.3, 0.4) is 0 Å². The van der Waals surface area contributed by atoms with Crippen LogP contribution in [0.4, 0.5) is 0 Å². The third-order valence-corrected chi connectivity index (χ3v) is 6.45. The summed E-state index contributed by atoms with van der Waals surface area (Å²) in [5.41, 5.74) is 1.92. The summed E-state index contributed by atoms with van der Waals surface area (Å²) >= 11 is 0. The van der Waals surface area contributed by atoms with Gasteiger partial charge in [-0.2, -0.15) is 0 Å². The van der Waals surface area contributed by atoms with E-state index in [9.17, 15) is 15.0 Å². The molecule has 0 aliphatic carbocycles. The summed E-state index contributed by atoms with van der Waals surface area (Å²) in [6, 6.07) is 14.4. The van der Waals surface area contributed by atoms with Gasteiger partial charge in [-0.25, -0.2) is 0 Å². The van der Waals surface area contributed by atoms with Gasteiger partial charge in [0, 0.05) is 24.5 Å². The maximum Gasteiger partial charge on any atom is 0.248 e. The van der Waals surface area contributed by atoms with Crippen LogP contribution in [0, 0.1) is 0 Å². The number of nitrogens with one attached hydrogen (secondary N) is 2. The van der Waals surface area contributed by atoms with Gasteiger partial charge >= 0.3 is 0 Å². The van der Waals surface area contributed by atoms with Crippen molar-refractivity contribution >= 4 is 10.9 Å². The van der Waals surface area contributed by atoms with Gasteiger partial charge in [0.2, 0.25) is 5.56 Å². The zero-order valence-electron chi connectivity index (χ0n) is 19.6. The standard InChI is InChI=1S/C27H35N3O4/c31-24-11-9-22(23-10-12-26(33)29-27(23)24)25(32)19-28-14-13-20-5-7-21(8-6-20)34-18-4-17-30-15-2-1-3-16-30/h5-12,25,28,31-32H,1-4,13-19H2,(H,29,33)/t25-/m0/s1. The van der Waals surface area contributed by atoms with Gasteiger partial charge in [-0.1, -0.05) is 24.6 Å². The molecule has 2 aromatic carbocycles. The number of fused-ring (bicyclic) bond motifs is 1. The molecule has 2 heterocycles. The average molecular weight is 466 g/mol. The SMILES string of the molecule is O=c1ccc2c([C@@H](O)CNCCc3ccc(OCCCN4CCCCC4)cc3)ccc(O)c2[nH]1. The number of likely N-dealkylation sites (tertiary alicyclic amines) is 1. The predicted octanol–water partition coefficient (Wildman–Crippen LogP) is 3.35. The number of phenols is 1. The fourth-order valence-corrected chi connectivity index (χ4v) is 4.54. The molecule has 34 heavy (non-hydrogen) atoms. The lowest BCUT2D eigenvalue weighted by Gasteiger charge is -2.26. The van der Waals surface area contributed by atoms with Crippen LogP contribution in [-0.4, -0.2) is 59.4 Å². The number of hydrogen-bond donors (Lipinski definition) is 4. The minimum Gasteiger partial charge on any atom is -0.506 e. The monoisotopic (exact) mass is 465 g/mol. The summed E-state index contributed by atoms with van der Waals surface area (Å²) in [6.07, 6.45) is 5.16. The topological polar surface area (TPSA) is 97.8 Å². The molecule has 1 aliphatic rings. The molecule has 3 aromatic rings. The van der Waals surface area contributed by atoms with E-state index in [0.717, 1.165) is 38.3 Å². The lowest BCUT2D eigenvalue weighted by molar-refractivity contribution is 0.176. The second-order valence-electron chi connectivity index (χ2n) is 9.00. The summed E-state index contributed by atoms with van der Waals surface area (Å²) in [4.78, 5) is 16.7. The number of ether oxygens (including phenoxy) is 1. The van der Waals surface area contributed by atoms with E-state index in [1.165, 1.54) is 50.0 Å². The van der Waals surface area contributed by atoms with Gasteiger partial charge in [0.25, 0.3) is 0 Å². The van der Waals surface area contributed by atoms with Crippen LogP contribution >= 0.6 is 0 Å². The zero-order valence-corrected chi connectivity index (χ0v) is 19.6. The maximum absolute atomic E-state index is 11.6. The van der Waals surface area contributed by atoms with Crippen molar-refractivity contribution in [2.75, 3.05) is 39.3 Å². The Balaban J connectivity index is 1.18. The number of aliphatic hydroxyl groups excluding tert-OH is 1. The number of hydrogen-bond acceptors (Lipinski definition) is 6. The Morgan fingerprint density at radius 2 is 1.82 bits per heavy atom. The van der Waals surface area contributed by atoms with Gasteiger partial charge in [-0.15, -0.1) is 0 Å². The number of phenolic OH excluding ortho intramolecular Hbond substituents is 1. The Morgan fingerprint density at radius 3 is 2.62 bits per heavy atom. The van der Waals surface area contributed by atoms with Crippen LogP contribution in [-0.2, 0) is 6.42 Å². The van der Waals surface area contributed by atoms with E-state index in [1.54, 1.807) is 12.1 Å². The van der Waals surface area contributed by atoms with Gasteiger partial charge in [-0.05, 0) is 80.7 Å². The highest BCUT2D eigenvalue weighted by Crippen LogP contribution is 2.28. The first-order chi connectivity index (χ1) is 16.6. The van der Waals surface area contributed by atoms with Gasteiger partial charge in [-0.3, -0.25) is 4.79 Å². The molecule has 0 amide bonds. The molecule has 182 valence electrons. The third-order valence-electron chi connectivity index (χ3n) is 6.45. The van der Waals surface area contributed by atoms with E-state index < -0.39 is 6.10 Å². The molecular weight excluding hydrogens is 430 g/mol. The lowest BCUT2D eigenvalue weighted by atomic mass is 10.0. The molecule has 0 spiro atoms. The maximum atomic E-state index is 11.6. The number of nitrogens with zero attached hydrogens (tertiary/aromatic N) is 1. The molecule has 0 unspecified atom stereocenters. The van der Waals surface area contributed by atoms with E-state index in [0.29, 0.717) is 23.0 Å². The Morgan fingerprint density at radius 1 is 1.03 bits per heavy atom. The van der Waals surface area contributed by atoms with Crippen LogP contribution in [0.2, 0.25) is 0 Å². The molecule has 0 bridgehead atoms. The number of aliphatic hydroxyl groups is 1. The smallest absolute Gasteiger partial charge is 0.248 e. The number of aromatic hydroxyl groups is 1. The van der Waals surface area contributed by atoms with E-state index in [-0.39, 0.29) is 11.3 Å². The van der Waals surface area contributed by atoms with E-state index in [2.05, 4.69) is 27.3 Å². The van der Waals surface area contributed by atoms with Crippen LogP contribution in [0.25, 0.3) is 10.9 Å². The fourth-order valence-electron chi connectivity index (χ4n) is 4.54. The normalized spacial score (nSPS) is 15.4. The molecule has 1 fully saturated rings. The van der Waals surface area contributed by atoms with Crippen LogP contribution < -0.4 is 15.6 Å². The summed E-state index contributed by atoms with van der Waals surface area (Å²) in [5.74, 6) is 0.897. The molecule has 1 aliphatic heterocycles. The van der Waals surface area contributed by atoms with Gasteiger partial charge in [0.05, 0.1) is 18.2 Å². The Kier molecular flexibility index (Phi) is 8.57. The molecule has 4 N–H and O–H groups in total. The summed E-state index contributed by atoms with van der Waals surface area (Å²) in [7, 11) is 0.